The van der Waals surface area contributed by atoms with Crippen molar-refractivity contribution in [3.8, 4) is 0 Å². The molecule has 0 saturated heterocycles. The number of rotatable bonds is 6. The number of allylic oxidation sites excluding steroid dienone is 1. The van der Waals surface area contributed by atoms with Gasteiger partial charge >= 0.3 is 5.97 Å². The fourth-order valence-corrected chi connectivity index (χ4v) is 2.20. The highest BCUT2D eigenvalue weighted by atomic mass is 16.4. The molecule has 1 atom stereocenters. The van der Waals surface area contributed by atoms with Crippen LogP contribution in [0.4, 0.5) is 0 Å². The zero-order valence-corrected chi connectivity index (χ0v) is 10.2. The van der Waals surface area contributed by atoms with Crippen LogP contribution in [0.3, 0.4) is 0 Å². The summed E-state index contributed by atoms with van der Waals surface area (Å²) in [6.45, 7) is 3.56. The Morgan fingerprint density at radius 1 is 1.35 bits per heavy atom. The zero-order chi connectivity index (χ0) is 12.7. The second kappa shape index (κ2) is 7.09. The number of hydrogen-bond acceptors (Lipinski definition) is 2. The topological polar surface area (TPSA) is 66.4 Å². The summed E-state index contributed by atoms with van der Waals surface area (Å²) in [4.78, 5) is 22.9. The maximum absolute atomic E-state index is 11.9. The molecule has 4 nitrogen and oxygen atoms in total. The van der Waals surface area contributed by atoms with E-state index in [2.05, 4.69) is 11.9 Å². The predicted octanol–water partition coefficient (Wildman–Crippen LogP) is 2.10. The summed E-state index contributed by atoms with van der Waals surface area (Å²) in [7, 11) is 0. The third-order valence-electron chi connectivity index (χ3n) is 3.25. The van der Waals surface area contributed by atoms with Crippen LogP contribution < -0.4 is 5.32 Å². The third kappa shape index (κ3) is 4.59. The van der Waals surface area contributed by atoms with E-state index >= 15 is 0 Å². The molecule has 1 aliphatic carbocycles. The fourth-order valence-electron chi connectivity index (χ4n) is 2.20. The van der Waals surface area contributed by atoms with E-state index < -0.39 is 12.0 Å². The van der Waals surface area contributed by atoms with E-state index in [1.165, 1.54) is 6.42 Å². The van der Waals surface area contributed by atoms with Gasteiger partial charge in [-0.15, -0.1) is 6.58 Å². The minimum atomic E-state index is -0.962. The molecule has 0 aromatic carbocycles. The molecule has 4 heteroatoms. The number of amides is 1. The Morgan fingerprint density at radius 2 is 2.00 bits per heavy atom. The second-order valence-corrected chi connectivity index (χ2v) is 4.60. The fraction of sp³-hybridized carbons (Fsp3) is 0.692. The molecule has 1 amide bonds. The summed E-state index contributed by atoms with van der Waals surface area (Å²) in [6.07, 6.45) is 7.79. The van der Waals surface area contributed by atoms with Gasteiger partial charge in [0.25, 0.3) is 0 Å². The van der Waals surface area contributed by atoms with Crippen LogP contribution in [0.5, 0.6) is 0 Å². The molecule has 17 heavy (non-hydrogen) atoms. The van der Waals surface area contributed by atoms with Gasteiger partial charge in [-0.1, -0.05) is 25.3 Å². The van der Waals surface area contributed by atoms with E-state index in [1.807, 2.05) is 0 Å². The molecular weight excluding hydrogens is 218 g/mol. The van der Waals surface area contributed by atoms with Gasteiger partial charge in [0.05, 0.1) is 0 Å². The van der Waals surface area contributed by atoms with Crippen molar-refractivity contribution in [2.24, 2.45) is 5.92 Å². The summed E-state index contributed by atoms with van der Waals surface area (Å²) in [6, 6.07) is -0.776. The molecule has 1 saturated carbocycles. The van der Waals surface area contributed by atoms with E-state index in [9.17, 15) is 9.59 Å². The van der Waals surface area contributed by atoms with Gasteiger partial charge in [0, 0.05) is 5.92 Å². The van der Waals surface area contributed by atoms with Gasteiger partial charge in [0.2, 0.25) is 5.91 Å². The lowest BCUT2D eigenvalue weighted by molar-refractivity contribution is -0.142. The minimum absolute atomic E-state index is 0.00864. The Balaban J connectivity index is 2.44. The minimum Gasteiger partial charge on any atom is -0.480 e. The van der Waals surface area contributed by atoms with Crippen LogP contribution in [0, 0.1) is 5.92 Å². The van der Waals surface area contributed by atoms with Crippen molar-refractivity contribution < 1.29 is 14.7 Å². The summed E-state index contributed by atoms with van der Waals surface area (Å²) in [5.74, 6) is -1.05. The lowest BCUT2D eigenvalue weighted by atomic mass is 9.88. The second-order valence-electron chi connectivity index (χ2n) is 4.60. The maximum atomic E-state index is 11.9. The first-order valence-electron chi connectivity index (χ1n) is 6.29. The van der Waals surface area contributed by atoms with Gasteiger partial charge < -0.3 is 10.4 Å². The molecule has 0 aromatic heterocycles. The number of aliphatic carboxylic acids is 1. The summed E-state index contributed by atoms with van der Waals surface area (Å²) < 4.78 is 0. The molecule has 0 spiro atoms. The van der Waals surface area contributed by atoms with Gasteiger partial charge in [-0.2, -0.15) is 0 Å². The number of carboxylic acids is 1. The average Bonchev–Trinajstić information content (AvgIpc) is 2.35. The van der Waals surface area contributed by atoms with Crippen LogP contribution in [0.25, 0.3) is 0 Å². The molecule has 0 heterocycles. The van der Waals surface area contributed by atoms with E-state index in [4.69, 9.17) is 5.11 Å². The molecule has 0 bridgehead atoms. The Hall–Kier alpha value is -1.32. The molecule has 2 N–H and O–H groups in total. The predicted molar refractivity (Wildman–Crippen MR) is 65.6 cm³/mol. The Labute approximate surface area is 102 Å². The molecule has 96 valence electrons. The van der Waals surface area contributed by atoms with Gasteiger partial charge in [-0.25, -0.2) is 4.79 Å². The molecule has 1 fully saturated rings. The van der Waals surface area contributed by atoms with Crippen molar-refractivity contribution in [1.29, 1.82) is 0 Å². The van der Waals surface area contributed by atoms with E-state index in [0.29, 0.717) is 12.8 Å². The van der Waals surface area contributed by atoms with Crippen molar-refractivity contribution in [2.75, 3.05) is 0 Å². The first-order valence-corrected chi connectivity index (χ1v) is 6.29. The van der Waals surface area contributed by atoms with Crippen LogP contribution in [0.1, 0.15) is 44.9 Å². The highest BCUT2D eigenvalue weighted by Crippen LogP contribution is 2.23. The number of nitrogens with one attached hydrogen (secondary N) is 1. The van der Waals surface area contributed by atoms with Crippen molar-refractivity contribution in [1.82, 2.24) is 5.32 Å². The molecule has 0 radical (unpaired) electrons. The number of carbonyl (C=O) groups is 2. The number of carboxylic acid groups (broad SMARTS) is 1. The molecule has 0 aromatic rings. The average molecular weight is 239 g/mol. The Bertz CT molecular complexity index is 282. The lowest BCUT2D eigenvalue weighted by Crippen LogP contribution is -2.43. The van der Waals surface area contributed by atoms with Crippen molar-refractivity contribution in [3.63, 3.8) is 0 Å². The van der Waals surface area contributed by atoms with Gasteiger partial charge in [-0.05, 0) is 25.7 Å². The first-order chi connectivity index (χ1) is 8.15. The smallest absolute Gasteiger partial charge is 0.326 e. The van der Waals surface area contributed by atoms with Crippen molar-refractivity contribution in [2.45, 2.75) is 51.0 Å². The highest BCUT2D eigenvalue weighted by molar-refractivity contribution is 5.84. The van der Waals surface area contributed by atoms with Gasteiger partial charge in [-0.3, -0.25) is 4.79 Å². The molecule has 1 unspecified atom stereocenters. The third-order valence-corrected chi connectivity index (χ3v) is 3.25. The van der Waals surface area contributed by atoms with E-state index in [-0.39, 0.29) is 11.8 Å². The van der Waals surface area contributed by atoms with Gasteiger partial charge in [0.1, 0.15) is 6.04 Å². The summed E-state index contributed by atoms with van der Waals surface area (Å²) in [5, 5.41) is 11.6. The number of hydrogen-bond donors (Lipinski definition) is 2. The maximum Gasteiger partial charge on any atom is 0.326 e. The molecule has 0 aliphatic heterocycles. The van der Waals surface area contributed by atoms with E-state index in [1.54, 1.807) is 6.08 Å². The molecular formula is C13H21NO3. The Morgan fingerprint density at radius 3 is 2.53 bits per heavy atom. The first kappa shape index (κ1) is 13.7. The summed E-state index contributed by atoms with van der Waals surface area (Å²) >= 11 is 0. The largest absolute Gasteiger partial charge is 0.480 e. The highest BCUT2D eigenvalue weighted by Gasteiger charge is 2.25. The standard InChI is InChI=1S/C13H21NO3/c1-2-3-9-11(13(16)17)14-12(15)10-7-5-4-6-8-10/h2,10-11H,1,3-9H2,(H,14,15)(H,16,17). The molecule has 1 rings (SSSR count). The monoisotopic (exact) mass is 239 g/mol. The van der Waals surface area contributed by atoms with Crippen LogP contribution in [-0.2, 0) is 9.59 Å². The van der Waals surface area contributed by atoms with Gasteiger partial charge in [0.15, 0.2) is 0 Å². The quantitative estimate of drug-likeness (QED) is 0.697. The van der Waals surface area contributed by atoms with Crippen molar-refractivity contribution >= 4 is 11.9 Å². The van der Waals surface area contributed by atoms with Crippen LogP contribution in [-0.4, -0.2) is 23.0 Å². The van der Waals surface area contributed by atoms with E-state index in [0.717, 1.165) is 25.7 Å². The molecule has 1 aliphatic rings. The SMILES string of the molecule is C=CCCC(NC(=O)C1CCCCC1)C(=O)O. The lowest BCUT2D eigenvalue weighted by Gasteiger charge is -2.23. The summed E-state index contributed by atoms with van der Waals surface area (Å²) in [5.41, 5.74) is 0. The normalized spacial score (nSPS) is 18.4. The zero-order valence-electron chi connectivity index (χ0n) is 10.2. The van der Waals surface area contributed by atoms with Crippen LogP contribution >= 0.6 is 0 Å². The van der Waals surface area contributed by atoms with Crippen LogP contribution in [0.15, 0.2) is 12.7 Å². The Kier molecular flexibility index (Phi) is 5.73. The number of carbonyl (C=O) groups excluding carboxylic acids is 1. The van der Waals surface area contributed by atoms with Crippen LogP contribution in [0.2, 0.25) is 0 Å². The van der Waals surface area contributed by atoms with Crippen molar-refractivity contribution in [3.05, 3.63) is 12.7 Å².